The van der Waals surface area contributed by atoms with Crippen LogP contribution in [-0.2, 0) is 4.74 Å². The summed E-state index contributed by atoms with van der Waals surface area (Å²) >= 11 is 0. The summed E-state index contributed by atoms with van der Waals surface area (Å²) in [4.78, 5) is 0. The van der Waals surface area contributed by atoms with Gasteiger partial charge in [-0.15, -0.1) is 0 Å². The maximum Gasteiger partial charge on any atom is 0.117 e. The fourth-order valence-corrected chi connectivity index (χ4v) is 0.803. The Labute approximate surface area is 65.4 Å². The molecule has 0 unspecified atom stereocenters. The fourth-order valence-electron chi connectivity index (χ4n) is 0.803. The van der Waals surface area contributed by atoms with Gasteiger partial charge in [-0.3, -0.25) is 0 Å². The van der Waals surface area contributed by atoms with Gasteiger partial charge in [0.2, 0.25) is 0 Å². The highest BCUT2D eigenvalue weighted by molar-refractivity contribution is 6.33. The quantitative estimate of drug-likeness (QED) is 0.390. The average molecular weight is 142 g/mol. The Balaban J connectivity index is 2.65. The minimum absolute atomic E-state index is 0.959. The highest BCUT2D eigenvalue weighted by Crippen LogP contribution is 1.92. The predicted molar refractivity (Wildman–Crippen MR) is 48.2 cm³/mol. The van der Waals surface area contributed by atoms with E-state index in [0.717, 1.165) is 13.2 Å². The molecule has 0 heterocycles. The van der Waals surface area contributed by atoms with E-state index in [-0.39, 0.29) is 0 Å². The Bertz CT molecular complexity index is 49.2. The predicted octanol–water partition coefficient (Wildman–Crippen LogP) is 2.10. The monoisotopic (exact) mass is 142 g/mol. The van der Waals surface area contributed by atoms with Gasteiger partial charge >= 0.3 is 0 Å². The van der Waals surface area contributed by atoms with E-state index in [9.17, 15) is 0 Å². The Morgan fingerprint density at radius 2 is 1.90 bits per heavy atom. The molecular weight excluding hydrogens is 123 g/mol. The number of rotatable bonds is 7. The number of ether oxygens (including phenoxy) is 1. The Hall–Kier alpha value is 0.0249. The van der Waals surface area contributed by atoms with Crippen LogP contribution < -0.4 is 0 Å². The molecule has 0 spiro atoms. The van der Waals surface area contributed by atoms with Crippen LogP contribution in [0.1, 0.15) is 26.2 Å². The van der Waals surface area contributed by atoms with E-state index in [1.165, 1.54) is 32.9 Å². The first kappa shape index (κ1) is 10.0. The lowest BCUT2D eigenvalue weighted by Crippen LogP contribution is -1.97. The van der Waals surface area contributed by atoms with Crippen molar-refractivity contribution in [3.8, 4) is 0 Å². The molecule has 10 heavy (non-hydrogen) atoms. The summed E-state index contributed by atoms with van der Waals surface area (Å²) in [6, 6.07) is 0. The molecule has 0 aliphatic heterocycles. The molecule has 0 aromatic heterocycles. The first-order chi connectivity index (χ1) is 4.91. The van der Waals surface area contributed by atoms with Gasteiger partial charge in [-0.05, 0) is 12.8 Å². The van der Waals surface area contributed by atoms with Gasteiger partial charge in [-0.25, -0.2) is 0 Å². The zero-order valence-electron chi connectivity index (χ0n) is 7.36. The second-order valence-corrected chi connectivity index (χ2v) is 2.67. The SMILES string of the molecule is CBCCCOCCCC. The van der Waals surface area contributed by atoms with Crippen molar-refractivity contribution in [1.29, 1.82) is 0 Å². The minimum Gasteiger partial charge on any atom is -0.381 e. The zero-order chi connectivity index (χ0) is 7.66. The zero-order valence-corrected chi connectivity index (χ0v) is 7.36. The molecule has 0 rings (SSSR count). The van der Waals surface area contributed by atoms with Crippen LogP contribution in [0.2, 0.25) is 13.1 Å². The van der Waals surface area contributed by atoms with Gasteiger partial charge in [0.05, 0.1) is 0 Å². The number of hydrogen-bond acceptors (Lipinski definition) is 1. The number of hydrogen-bond donors (Lipinski definition) is 0. The first-order valence-electron chi connectivity index (χ1n) is 4.49. The lowest BCUT2D eigenvalue weighted by molar-refractivity contribution is 0.132. The maximum atomic E-state index is 5.38. The van der Waals surface area contributed by atoms with Gasteiger partial charge in [0.15, 0.2) is 0 Å². The van der Waals surface area contributed by atoms with Crippen LogP contribution in [-0.4, -0.2) is 20.5 Å². The topological polar surface area (TPSA) is 9.23 Å². The van der Waals surface area contributed by atoms with Crippen molar-refractivity contribution in [3.63, 3.8) is 0 Å². The van der Waals surface area contributed by atoms with Crippen LogP contribution >= 0.6 is 0 Å². The highest BCUT2D eigenvalue weighted by atomic mass is 16.5. The van der Waals surface area contributed by atoms with Crippen molar-refractivity contribution in [2.75, 3.05) is 13.2 Å². The molecule has 0 amide bonds. The lowest BCUT2D eigenvalue weighted by Gasteiger charge is -2.00. The molecule has 1 nitrogen and oxygen atoms in total. The lowest BCUT2D eigenvalue weighted by atomic mass is 9.77. The summed E-state index contributed by atoms with van der Waals surface area (Å²) < 4.78 is 5.38. The van der Waals surface area contributed by atoms with E-state index in [1.54, 1.807) is 0 Å². The number of unbranched alkanes of at least 4 members (excludes halogenated alkanes) is 1. The van der Waals surface area contributed by atoms with Crippen LogP contribution in [0, 0.1) is 0 Å². The Morgan fingerprint density at radius 3 is 2.50 bits per heavy atom. The fraction of sp³-hybridized carbons (Fsp3) is 1.00. The average Bonchev–Trinajstić information content (AvgIpc) is 1.97. The standard InChI is InChI=1S/C8H19BO/c1-3-4-7-10-8-5-6-9-2/h9H,3-8H2,1-2H3. The van der Waals surface area contributed by atoms with Crippen LogP contribution in [0.15, 0.2) is 0 Å². The summed E-state index contributed by atoms with van der Waals surface area (Å²) in [5, 5.41) is 0. The van der Waals surface area contributed by atoms with Crippen molar-refractivity contribution in [1.82, 2.24) is 0 Å². The Morgan fingerprint density at radius 1 is 1.20 bits per heavy atom. The molecule has 0 aromatic rings. The van der Waals surface area contributed by atoms with Gasteiger partial charge in [-0.2, -0.15) is 0 Å². The Kier molecular flexibility index (Phi) is 9.05. The van der Waals surface area contributed by atoms with E-state index in [0.29, 0.717) is 0 Å². The van der Waals surface area contributed by atoms with E-state index < -0.39 is 0 Å². The molecule has 0 radical (unpaired) electrons. The molecule has 0 N–H and O–H groups in total. The molecule has 2 heteroatoms. The van der Waals surface area contributed by atoms with E-state index >= 15 is 0 Å². The van der Waals surface area contributed by atoms with Crippen LogP contribution in [0.25, 0.3) is 0 Å². The van der Waals surface area contributed by atoms with Gasteiger partial charge in [0.25, 0.3) is 0 Å². The van der Waals surface area contributed by atoms with Gasteiger partial charge < -0.3 is 4.74 Å². The molecule has 0 fully saturated rings. The smallest absolute Gasteiger partial charge is 0.117 e. The van der Waals surface area contributed by atoms with Crippen molar-refractivity contribution >= 4 is 7.28 Å². The highest BCUT2D eigenvalue weighted by Gasteiger charge is 1.87. The summed E-state index contributed by atoms with van der Waals surface area (Å²) in [6.07, 6.45) is 5.01. The van der Waals surface area contributed by atoms with Gasteiger partial charge in [0, 0.05) is 13.2 Å². The first-order valence-corrected chi connectivity index (χ1v) is 4.49. The van der Waals surface area contributed by atoms with Crippen molar-refractivity contribution in [2.45, 2.75) is 39.3 Å². The van der Waals surface area contributed by atoms with Crippen molar-refractivity contribution in [3.05, 3.63) is 0 Å². The van der Waals surface area contributed by atoms with E-state index in [4.69, 9.17) is 4.74 Å². The van der Waals surface area contributed by atoms with Crippen molar-refractivity contribution in [2.24, 2.45) is 0 Å². The van der Waals surface area contributed by atoms with Crippen LogP contribution in [0.3, 0.4) is 0 Å². The summed E-state index contributed by atoms with van der Waals surface area (Å²) in [5.41, 5.74) is 0. The normalized spacial score (nSPS) is 9.80. The second-order valence-electron chi connectivity index (χ2n) is 2.67. The summed E-state index contributed by atoms with van der Waals surface area (Å²) in [6.45, 7) is 6.33. The van der Waals surface area contributed by atoms with Gasteiger partial charge in [-0.1, -0.05) is 26.5 Å². The molecule has 0 aromatic carbocycles. The molecule has 0 bridgehead atoms. The van der Waals surface area contributed by atoms with E-state index in [2.05, 4.69) is 13.7 Å². The van der Waals surface area contributed by atoms with Gasteiger partial charge in [0.1, 0.15) is 7.28 Å². The molecular formula is C8H19BO. The van der Waals surface area contributed by atoms with Crippen LogP contribution in [0.4, 0.5) is 0 Å². The molecule has 0 aliphatic rings. The van der Waals surface area contributed by atoms with Crippen molar-refractivity contribution < 1.29 is 4.74 Å². The molecule has 0 saturated heterocycles. The molecule has 0 saturated carbocycles. The largest absolute Gasteiger partial charge is 0.381 e. The molecule has 0 atom stereocenters. The minimum atomic E-state index is 0.959. The summed E-state index contributed by atoms with van der Waals surface area (Å²) in [5.74, 6) is 0. The second kappa shape index (κ2) is 9.02. The van der Waals surface area contributed by atoms with Crippen LogP contribution in [0.5, 0.6) is 0 Å². The summed E-state index contributed by atoms with van der Waals surface area (Å²) in [7, 11) is 1.29. The third-order valence-electron chi connectivity index (χ3n) is 1.53. The molecule has 0 aliphatic carbocycles. The third kappa shape index (κ3) is 8.02. The van der Waals surface area contributed by atoms with E-state index in [1.807, 2.05) is 0 Å². The third-order valence-corrected chi connectivity index (χ3v) is 1.53. The maximum absolute atomic E-state index is 5.38. The molecule has 60 valence electrons.